The highest BCUT2D eigenvalue weighted by Gasteiger charge is 2.24. The normalized spacial score (nSPS) is 16.0. The molecule has 31 heavy (non-hydrogen) atoms. The third-order valence-corrected chi connectivity index (χ3v) is 6.83. The van der Waals surface area contributed by atoms with Crippen LogP contribution in [0.2, 0.25) is 0 Å². The van der Waals surface area contributed by atoms with E-state index in [9.17, 15) is 0 Å². The maximum absolute atomic E-state index is 5.41. The Labute approximate surface area is 210 Å². The number of hydrogen-bond acceptors (Lipinski definition) is 7. The second kappa shape index (κ2) is 13.9. The van der Waals surface area contributed by atoms with Crippen LogP contribution >= 0.6 is 47.1 Å². The molecule has 0 aliphatic carbocycles. The number of rotatable bonds is 10. The van der Waals surface area contributed by atoms with E-state index in [1.807, 2.05) is 17.6 Å². The Kier molecular flexibility index (Phi) is 11.6. The van der Waals surface area contributed by atoms with E-state index in [1.54, 1.807) is 37.3 Å². The molecule has 0 saturated carbocycles. The molecule has 10 heteroatoms. The highest BCUT2D eigenvalue weighted by molar-refractivity contribution is 14.0. The lowest BCUT2D eigenvalue weighted by Gasteiger charge is -2.21. The van der Waals surface area contributed by atoms with Crippen LogP contribution in [-0.2, 0) is 0 Å². The van der Waals surface area contributed by atoms with E-state index in [2.05, 4.69) is 39.6 Å². The number of hydrogen-bond donors (Lipinski definition) is 2. The Balaban J connectivity index is 0.00000341. The zero-order valence-corrected chi connectivity index (χ0v) is 22.3. The molecule has 2 heterocycles. The Bertz CT molecular complexity index is 785. The van der Waals surface area contributed by atoms with Gasteiger partial charge in [0.1, 0.15) is 15.8 Å². The number of aromatic nitrogens is 1. The van der Waals surface area contributed by atoms with Crippen molar-refractivity contribution in [2.24, 2.45) is 4.99 Å². The van der Waals surface area contributed by atoms with Gasteiger partial charge >= 0.3 is 0 Å². The van der Waals surface area contributed by atoms with Gasteiger partial charge in [0.2, 0.25) is 0 Å². The number of nitrogens with one attached hydrogen (secondary N) is 2. The summed E-state index contributed by atoms with van der Waals surface area (Å²) in [5.74, 6) is 3.55. The molecule has 7 nitrogen and oxygen atoms in total. The van der Waals surface area contributed by atoms with Gasteiger partial charge in [0.15, 0.2) is 5.96 Å². The number of methoxy groups -OCH3 is 2. The lowest BCUT2D eigenvalue weighted by Crippen LogP contribution is -2.44. The Morgan fingerprint density at radius 3 is 2.71 bits per heavy atom. The largest absolute Gasteiger partial charge is 0.497 e. The van der Waals surface area contributed by atoms with Crippen molar-refractivity contribution in [1.29, 1.82) is 0 Å². The summed E-state index contributed by atoms with van der Waals surface area (Å²) in [6, 6.07) is 6.37. The molecule has 2 aromatic rings. The third-order valence-electron chi connectivity index (χ3n) is 4.78. The summed E-state index contributed by atoms with van der Waals surface area (Å²) >= 11 is 3.49. The fourth-order valence-electron chi connectivity index (χ4n) is 3.30. The number of ether oxygens (including phenoxy) is 2. The smallest absolute Gasteiger partial charge is 0.191 e. The van der Waals surface area contributed by atoms with Crippen molar-refractivity contribution >= 4 is 58.7 Å². The molecule has 1 aliphatic heterocycles. The Morgan fingerprint density at radius 2 is 2.06 bits per heavy atom. The number of halogens is 1. The van der Waals surface area contributed by atoms with Crippen LogP contribution in [0.4, 0.5) is 5.69 Å². The summed E-state index contributed by atoms with van der Waals surface area (Å²) in [6.07, 6.45) is 3.94. The fourth-order valence-corrected chi connectivity index (χ4v) is 4.93. The molecule has 1 atom stereocenters. The van der Waals surface area contributed by atoms with Crippen LogP contribution in [0.25, 0.3) is 0 Å². The van der Waals surface area contributed by atoms with Crippen LogP contribution < -0.4 is 25.0 Å². The number of aliphatic imine (C=N–C) groups is 1. The van der Waals surface area contributed by atoms with Crippen molar-refractivity contribution in [3.63, 3.8) is 0 Å². The van der Waals surface area contributed by atoms with Crippen molar-refractivity contribution in [3.8, 4) is 11.5 Å². The van der Waals surface area contributed by atoms with Gasteiger partial charge in [0.25, 0.3) is 0 Å². The fraction of sp³-hybridized carbons (Fsp3) is 0.524. The van der Waals surface area contributed by atoms with Gasteiger partial charge < -0.3 is 25.0 Å². The zero-order valence-electron chi connectivity index (χ0n) is 18.3. The maximum atomic E-state index is 5.41. The summed E-state index contributed by atoms with van der Waals surface area (Å²) in [4.78, 5) is 11.4. The minimum absolute atomic E-state index is 0. The Hall–Kier alpha value is -1.40. The van der Waals surface area contributed by atoms with Crippen LogP contribution in [0.5, 0.6) is 11.5 Å². The molecule has 1 aliphatic rings. The van der Waals surface area contributed by atoms with Crippen molar-refractivity contribution in [3.05, 3.63) is 29.8 Å². The SMILES string of the molecule is CCNC(=NCCCSc1nccs1)NC1CCN(c2cc(OC)cc(OC)c2)C1.I. The molecule has 1 fully saturated rings. The van der Waals surface area contributed by atoms with Crippen molar-refractivity contribution < 1.29 is 9.47 Å². The standard InChI is InChI=1S/C21H31N5O2S2.HI/c1-4-22-20(23-7-5-10-29-21-24-8-11-30-21)25-16-6-9-26(15-16)17-12-18(27-2)14-19(13-17)28-3;/h8,11-14,16H,4-7,9-10,15H2,1-3H3,(H2,22,23,25);1H. The average molecular weight is 578 g/mol. The monoisotopic (exact) mass is 577 g/mol. The lowest BCUT2D eigenvalue weighted by molar-refractivity contribution is 0.394. The first kappa shape index (κ1) is 25.9. The Morgan fingerprint density at radius 1 is 1.29 bits per heavy atom. The highest BCUT2D eigenvalue weighted by Crippen LogP contribution is 2.30. The van der Waals surface area contributed by atoms with Crippen LogP contribution in [0.15, 0.2) is 39.1 Å². The lowest BCUT2D eigenvalue weighted by atomic mass is 10.2. The summed E-state index contributed by atoms with van der Waals surface area (Å²) in [5, 5.41) is 8.98. The predicted octanol–water partition coefficient (Wildman–Crippen LogP) is 4.09. The van der Waals surface area contributed by atoms with Gasteiger partial charge in [0.05, 0.1) is 14.2 Å². The van der Waals surface area contributed by atoms with Gasteiger partial charge in [-0.2, -0.15) is 0 Å². The van der Waals surface area contributed by atoms with Crippen LogP contribution in [0.3, 0.4) is 0 Å². The molecule has 0 radical (unpaired) electrons. The number of nitrogens with zero attached hydrogens (tertiary/aromatic N) is 3. The number of benzene rings is 1. The van der Waals surface area contributed by atoms with E-state index in [4.69, 9.17) is 14.5 Å². The summed E-state index contributed by atoms with van der Waals surface area (Å²) in [7, 11) is 3.36. The molecule has 172 valence electrons. The summed E-state index contributed by atoms with van der Waals surface area (Å²) in [5.41, 5.74) is 1.12. The van der Waals surface area contributed by atoms with E-state index >= 15 is 0 Å². The second-order valence-corrected chi connectivity index (χ2v) is 9.14. The van der Waals surface area contributed by atoms with E-state index in [0.29, 0.717) is 6.04 Å². The molecule has 1 unspecified atom stereocenters. The number of anilines is 1. The van der Waals surface area contributed by atoms with Gasteiger partial charge in [-0.3, -0.25) is 4.99 Å². The first-order valence-corrected chi connectivity index (χ1v) is 12.1. The van der Waals surface area contributed by atoms with E-state index in [-0.39, 0.29) is 24.0 Å². The summed E-state index contributed by atoms with van der Waals surface area (Å²) in [6.45, 7) is 5.65. The molecule has 0 bridgehead atoms. The van der Waals surface area contributed by atoms with Crippen molar-refractivity contribution in [1.82, 2.24) is 15.6 Å². The molecule has 0 spiro atoms. The van der Waals surface area contributed by atoms with E-state index in [0.717, 1.165) is 72.3 Å². The van der Waals surface area contributed by atoms with Crippen molar-refractivity contribution in [2.75, 3.05) is 51.1 Å². The molecule has 1 aromatic heterocycles. The molecular formula is C21H32IN5O2S2. The van der Waals surface area contributed by atoms with Gasteiger partial charge in [-0.25, -0.2) is 4.98 Å². The number of thiazole rings is 1. The van der Waals surface area contributed by atoms with E-state index in [1.165, 1.54) is 0 Å². The van der Waals surface area contributed by atoms with Gasteiger partial charge in [-0.05, 0) is 19.8 Å². The second-order valence-electron chi connectivity index (χ2n) is 6.91. The van der Waals surface area contributed by atoms with Crippen LogP contribution in [-0.4, -0.2) is 63.1 Å². The third kappa shape index (κ3) is 8.23. The van der Waals surface area contributed by atoms with Gasteiger partial charge in [-0.15, -0.1) is 35.3 Å². The number of thioether (sulfide) groups is 1. The maximum Gasteiger partial charge on any atom is 0.191 e. The predicted molar refractivity (Wildman–Crippen MR) is 142 cm³/mol. The quantitative estimate of drug-likeness (QED) is 0.145. The van der Waals surface area contributed by atoms with E-state index < -0.39 is 0 Å². The minimum Gasteiger partial charge on any atom is -0.497 e. The molecule has 1 saturated heterocycles. The van der Waals surface area contributed by atoms with Gasteiger partial charge in [0, 0.05) is 73.4 Å². The molecule has 2 N–H and O–H groups in total. The molecule has 1 aromatic carbocycles. The zero-order chi connectivity index (χ0) is 21.2. The molecular weight excluding hydrogens is 545 g/mol. The topological polar surface area (TPSA) is 71.0 Å². The van der Waals surface area contributed by atoms with Crippen LogP contribution in [0, 0.1) is 0 Å². The highest BCUT2D eigenvalue weighted by atomic mass is 127. The van der Waals surface area contributed by atoms with Crippen molar-refractivity contribution in [2.45, 2.75) is 30.1 Å². The summed E-state index contributed by atoms with van der Waals surface area (Å²) < 4.78 is 12.0. The number of guanidine groups is 1. The first-order valence-electron chi connectivity index (χ1n) is 10.3. The molecule has 3 rings (SSSR count). The van der Waals surface area contributed by atoms with Crippen LogP contribution in [0.1, 0.15) is 19.8 Å². The average Bonchev–Trinajstić information content (AvgIpc) is 3.45. The minimum atomic E-state index is 0. The molecule has 0 amide bonds. The first-order chi connectivity index (χ1) is 14.7. The van der Waals surface area contributed by atoms with Gasteiger partial charge in [-0.1, -0.05) is 11.8 Å².